The van der Waals surface area contributed by atoms with Gasteiger partial charge >= 0.3 is 0 Å². The highest BCUT2D eigenvalue weighted by atomic mass is 16.3. The molecule has 2 nitrogen and oxygen atoms in total. The second-order valence-corrected chi connectivity index (χ2v) is 4.89. The fraction of sp³-hybridized carbons (Fsp3) is 0.500. The van der Waals surface area contributed by atoms with Crippen molar-refractivity contribution in [3.05, 3.63) is 40.1 Å². The lowest BCUT2D eigenvalue weighted by Gasteiger charge is -2.26. The Balaban J connectivity index is 2.30. The van der Waals surface area contributed by atoms with Crippen LogP contribution in [-0.4, -0.2) is 5.11 Å². The summed E-state index contributed by atoms with van der Waals surface area (Å²) in [5, 5.41) is 9.54. The van der Waals surface area contributed by atoms with Crippen molar-refractivity contribution in [3.63, 3.8) is 0 Å². The van der Waals surface area contributed by atoms with Crippen molar-refractivity contribution in [3.8, 4) is 5.75 Å². The van der Waals surface area contributed by atoms with Crippen molar-refractivity contribution in [2.24, 2.45) is 5.92 Å². The standard InChI is InChI=1S/C14H18O2/c1-10-4-2-5-11(8-10)12-6-3-7-13(15)14(16)9-12/h3,6-7,9-11H,2,4-5,8H2,1H3,(H,15,16). The molecule has 16 heavy (non-hydrogen) atoms. The van der Waals surface area contributed by atoms with E-state index in [0.29, 0.717) is 5.92 Å². The van der Waals surface area contributed by atoms with Crippen LogP contribution in [0.1, 0.15) is 44.1 Å². The maximum atomic E-state index is 11.3. The molecular weight excluding hydrogens is 200 g/mol. The fourth-order valence-corrected chi connectivity index (χ4v) is 2.60. The molecule has 0 saturated heterocycles. The van der Waals surface area contributed by atoms with Gasteiger partial charge in [-0.2, -0.15) is 0 Å². The fourth-order valence-electron chi connectivity index (χ4n) is 2.60. The van der Waals surface area contributed by atoms with E-state index in [1.54, 1.807) is 12.1 Å². The molecule has 1 fully saturated rings. The molecule has 2 heteroatoms. The predicted octanol–water partition coefficient (Wildman–Crippen LogP) is 3.05. The second kappa shape index (κ2) is 4.69. The molecule has 0 radical (unpaired) electrons. The minimum absolute atomic E-state index is 0.127. The molecule has 0 aliphatic heterocycles. The average molecular weight is 218 g/mol. The van der Waals surface area contributed by atoms with Crippen LogP contribution in [0.2, 0.25) is 0 Å². The number of aromatic hydroxyl groups is 1. The summed E-state index contributed by atoms with van der Waals surface area (Å²) < 4.78 is 0. The molecular formula is C14H18O2. The maximum absolute atomic E-state index is 11.3. The number of rotatable bonds is 1. The topological polar surface area (TPSA) is 37.3 Å². The summed E-state index contributed by atoms with van der Waals surface area (Å²) in [6, 6.07) is 6.77. The van der Waals surface area contributed by atoms with Crippen molar-refractivity contribution in [2.75, 3.05) is 0 Å². The van der Waals surface area contributed by atoms with E-state index in [9.17, 15) is 9.90 Å². The molecule has 1 aliphatic rings. The summed E-state index contributed by atoms with van der Waals surface area (Å²) in [7, 11) is 0. The molecule has 86 valence electrons. The maximum Gasteiger partial charge on any atom is 0.220 e. The normalized spacial score (nSPS) is 25.3. The van der Waals surface area contributed by atoms with E-state index in [0.717, 1.165) is 17.9 Å². The molecule has 0 spiro atoms. The van der Waals surface area contributed by atoms with Crippen LogP contribution in [0, 0.1) is 5.92 Å². The highest BCUT2D eigenvalue weighted by molar-refractivity contribution is 5.28. The van der Waals surface area contributed by atoms with Crippen molar-refractivity contribution in [1.29, 1.82) is 0 Å². The van der Waals surface area contributed by atoms with Gasteiger partial charge in [0.1, 0.15) is 0 Å². The third kappa shape index (κ3) is 2.43. The molecule has 0 bridgehead atoms. The molecule has 0 amide bonds. The van der Waals surface area contributed by atoms with E-state index in [-0.39, 0.29) is 11.2 Å². The molecule has 2 unspecified atom stereocenters. The Morgan fingerprint density at radius 2 is 2.12 bits per heavy atom. The van der Waals surface area contributed by atoms with Gasteiger partial charge in [-0.3, -0.25) is 4.79 Å². The Bertz CT molecular complexity index is 425. The molecule has 0 heterocycles. The van der Waals surface area contributed by atoms with Crippen molar-refractivity contribution >= 4 is 0 Å². The zero-order valence-corrected chi connectivity index (χ0v) is 9.65. The minimum Gasteiger partial charge on any atom is -0.504 e. The monoisotopic (exact) mass is 218 g/mol. The lowest BCUT2D eigenvalue weighted by molar-refractivity contribution is 0.343. The van der Waals surface area contributed by atoms with Gasteiger partial charge in [-0.15, -0.1) is 0 Å². The van der Waals surface area contributed by atoms with Gasteiger partial charge in [0.05, 0.1) is 0 Å². The van der Waals surface area contributed by atoms with E-state index in [4.69, 9.17) is 0 Å². The molecule has 1 aliphatic carbocycles. The zero-order valence-electron chi connectivity index (χ0n) is 9.65. The molecule has 2 rings (SSSR count). The Labute approximate surface area is 95.9 Å². The first-order valence-corrected chi connectivity index (χ1v) is 6.00. The third-order valence-corrected chi connectivity index (χ3v) is 3.50. The van der Waals surface area contributed by atoms with Gasteiger partial charge in [0.15, 0.2) is 5.75 Å². The SMILES string of the molecule is CC1CCCC(c2cccc(=O)c(O)c2)C1. The Morgan fingerprint density at radius 1 is 1.31 bits per heavy atom. The van der Waals surface area contributed by atoms with Crippen molar-refractivity contribution in [2.45, 2.75) is 38.5 Å². The smallest absolute Gasteiger partial charge is 0.220 e. The Hall–Kier alpha value is -1.31. The lowest BCUT2D eigenvalue weighted by atomic mass is 9.79. The van der Waals surface area contributed by atoms with Gasteiger partial charge < -0.3 is 5.11 Å². The van der Waals surface area contributed by atoms with Crippen LogP contribution < -0.4 is 5.43 Å². The van der Waals surface area contributed by atoms with E-state index >= 15 is 0 Å². The highest BCUT2D eigenvalue weighted by Crippen LogP contribution is 2.35. The first kappa shape index (κ1) is 11.2. The third-order valence-electron chi connectivity index (χ3n) is 3.50. The number of hydrogen-bond donors (Lipinski definition) is 1. The first-order valence-electron chi connectivity index (χ1n) is 6.00. The van der Waals surface area contributed by atoms with Crippen molar-refractivity contribution in [1.82, 2.24) is 0 Å². The van der Waals surface area contributed by atoms with Gasteiger partial charge in [0.25, 0.3) is 0 Å². The largest absolute Gasteiger partial charge is 0.504 e. The molecule has 1 N–H and O–H groups in total. The van der Waals surface area contributed by atoms with Crippen LogP contribution in [0.15, 0.2) is 29.1 Å². The average Bonchev–Trinajstić information content (AvgIpc) is 2.42. The summed E-state index contributed by atoms with van der Waals surface area (Å²) in [6.45, 7) is 2.27. The summed E-state index contributed by atoms with van der Waals surface area (Å²) in [6.07, 6.45) is 4.88. The molecule has 1 saturated carbocycles. The minimum atomic E-state index is -0.296. The number of hydrogen-bond acceptors (Lipinski definition) is 2. The summed E-state index contributed by atoms with van der Waals surface area (Å²) in [5.74, 6) is 1.12. The molecule has 0 aromatic heterocycles. The van der Waals surface area contributed by atoms with Crippen LogP contribution in [0.4, 0.5) is 0 Å². The summed E-state index contributed by atoms with van der Waals surface area (Å²) in [5.41, 5.74) is 0.807. The van der Waals surface area contributed by atoms with Gasteiger partial charge in [0.2, 0.25) is 5.43 Å². The van der Waals surface area contributed by atoms with Crippen LogP contribution in [-0.2, 0) is 0 Å². The Kier molecular flexibility index (Phi) is 3.28. The van der Waals surface area contributed by atoms with Crippen LogP contribution in [0.5, 0.6) is 5.75 Å². The lowest BCUT2D eigenvalue weighted by Crippen LogP contribution is -2.11. The van der Waals surface area contributed by atoms with E-state index in [1.807, 2.05) is 6.07 Å². The zero-order chi connectivity index (χ0) is 11.5. The summed E-state index contributed by atoms with van der Waals surface area (Å²) in [4.78, 5) is 11.3. The molecule has 2 atom stereocenters. The quantitative estimate of drug-likeness (QED) is 0.786. The van der Waals surface area contributed by atoms with E-state index in [1.165, 1.54) is 25.3 Å². The second-order valence-electron chi connectivity index (χ2n) is 4.89. The van der Waals surface area contributed by atoms with Crippen LogP contribution in [0.3, 0.4) is 0 Å². The van der Waals surface area contributed by atoms with Gasteiger partial charge in [0, 0.05) is 0 Å². The van der Waals surface area contributed by atoms with Gasteiger partial charge in [-0.05, 0) is 42.4 Å². The van der Waals surface area contributed by atoms with Crippen molar-refractivity contribution < 1.29 is 5.11 Å². The van der Waals surface area contributed by atoms with Gasteiger partial charge in [-0.25, -0.2) is 0 Å². The molecule has 1 aromatic carbocycles. The van der Waals surface area contributed by atoms with Gasteiger partial charge in [-0.1, -0.05) is 31.9 Å². The first-order chi connectivity index (χ1) is 7.66. The summed E-state index contributed by atoms with van der Waals surface area (Å²) >= 11 is 0. The highest BCUT2D eigenvalue weighted by Gasteiger charge is 2.20. The van der Waals surface area contributed by atoms with E-state index < -0.39 is 0 Å². The predicted molar refractivity (Wildman–Crippen MR) is 64.7 cm³/mol. The van der Waals surface area contributed by atoms with Crippen LogP contribution >= 0.6 is 0 Å². The Morgan fingerprint density at radius 3 is 2.88 bits per heavy atom. The van der Waals surface area contributed by atoms with Crippen LogP contribution in [0.25, 0.3) is 0 Å². The molecule has 1 aromatic rings. The van der Waals surface area contributed by atoms with E-state index in [2.05, 4.69) is 6.92 Å².